The van der Waals surface area contributed by atoms with Gasteiger partial charge in [0.05, 0.1) is 23.3 Å². The monoisotopic (exact) mass is 300 g/mol. The highest BCUT2D eigenvalue weighted by Gasteiger charge is 2.39. The number of primary amides is 1. The van der Waals surface area contributed by atoms with Gasteiger partial charge in [0.1, 0.15) is 6.07 Å². The van der Waals surface area contributed by atoms with E-state index in [1.807, 2.05) is 6.07 Å². The number of anilines is 1. The zero-order valence-electron chi connectivity index (χ0n) is 12.4. The highest BCUT2D eigenvalue weighted by atomic mass is 16.5. The van der Waals surface area contributed by atoms with Crippen LogP contribution in [-0.4, -0.2) is 36.7 Å². The molecule has 2 fully saturated rings. The molecule has 1 aromatic heterocycles. The van der Waals surface area contributed by atoms with Gasteiger partial charge in [-0.05, 0) is 31.2 Å². The van der Waals surface area contributed by atoms with Crippen LogP contribution in [0.2, 0.25) is 0 Å². The Morgan fingerprint density at radius 3 is 2.86 bits per heavy atom. The van der Waals surface area contributed by atoms with E-state index in [9.17, 15) is 10.1 Å². The Morgan fingerprint density at radius 1 is 1.41 bits per heavy atom. The van der Waals surface area contributed by atoms with E-state index in [-0.39, 0.29) is 17.9 Å². The second-order valence-electron chi connectivity index (χ2n) is 5.96. The molecule has 0 radical (unpaired) electrons. The zero-order chi connectivity index (χ0) is 15.5. The molecule has 0 saturated carbocycles. The minimum Gasteiger partial charge on any atom is -0.377 e. The molecule has 6 heteroatoms. The molecule has 0 spiro atoms. The Hall–Kier alpha value is -2.13. The molecule has 2 saturated heterocycles. The van der Waals surface area contributed by atoms with Gasteiger partial charge in [-0.3, -0.25) is 9.78 Å². The molecule has 0 bridgehead atoms. The molecule has 2 aliphatic heterocycles. The van der Waals surface area contributed by atoms with Gasteiger partial charge in [0.15, 0.2) is 0 Å². The summed E-state index contributed by atoms with van der Waals surface area (Å²) < 4.78 is 5.77. The maximum atomic E-state index is 11.5. The first-order chi connectivity index (χ1) is 10.7. The highest BCUT2D eigenvalue weighted by molar-refractivity contribution is 5.77. The van der Waals surface area contributed by atoms with Crippen LogP contribution < -0.4 is 10.6 Å². The van der Waals surface area contributed by atoms with Crippen molar-refractivity contribution < 1.29 is 9.53 Å². The van der Waals surface area contributed by atoms with Gasteiger partial charge in [0, 0.05) is 32.1 Å². The summed E-state index contributed by atoms with van der Waals surface area (Å²) in [7, 11) is 0. The predicted molar refractivity (Wildman–Crippen MR) is 80.9 cm³/mol. The number of carbonyl (C=O) groups is 1. The van der Waals surface area contributed by atoms with Gasteiger partial charge in [0.25, 0.3) is 0 Å². The van der Waals surface area contributed by atoms with Crippen LogP contribution in [0.1, 0.15) is 24.8 Å². The second kappa shape index (κ2) is 6.32. The lowest BCUT2D eigenvalue weighted by molar-refractivity contribution is -0.124. The van der Waals surface area contributed by atoms with Gasteiger partial charge >= 0.3 is 0 Å². The fraction of sp³-hybridized carbons (Fsp3) is 0.562. The Kier molecular flexibility index (Phi) is 4.25. The number of hydrogen-bond donors (Lipinski definition) is 1. The molecule has 2 aliphatic rings. The van der Waals surface area contributed by atoms with Crippen molar-refractivity contribution in [2.45, 2.75) is 25.4 Å². The molecule has 3 heterocycles. The zero-order valence-corrected chi connectivity index (χ0v) is 12.4. The fourth-order valence-corrected chi connectivity index (χ4v) is 3.60. The number of aromatic nitrogens is 1. The quantitative estimate of drug-likeness (QED) is 0.901. The van der Waals surface area contributed by atoms with Gasteiger partial charge < -0.3 is 15.4 Å². The van der Waals surface area contributed by atoms with Crippen molar-refractivity contribution in [1.82, 2.24) is 4.98 Å². The second-order valence-corrected chi connectivity index (χ2v) is 5.96. The van der Waals surface area contributed by atoms with Crippen molar-refractivity contribution in [3.63, 3.8) is 0 Å². The smallest absolute Gasteiger partial charge is 0.223 e. The SMILES string of the molecule is N#Cc1cnccc1N1CCC([C@H]2OCC[C@@H]2C(N)=O)CC1. The van der Waals surface area contributed by atoms with E-state index in [4.69, 9.17) is 10.5 Å². The van der Waals surface area contributed by atoms with E-state index in [0.717, 1.165) is 38.0 Å². The minimum absolute atomic E-state index is 0.0347. The van der Waals surface area contributed by atoms with Crippen molar-refractivity contribution in [2.24, 2.45) is 17.6 Å². The molecule has 0 unspecified atom stereocenters. The van der Waals surface area contributed by atoms with Crippen LogP contribution >= 0.6 is 0 Å². The first-order valence-electron chi connectivity index (χ1n) is 7.70. The number of ether oxygens (including phenoxy) is 1. The third-order valence-corrected chi connectivity index (χ3v) is 4.76. The number of nitriles is 1. The van der Waals surface area contributed by atoms with Crippen LogP contribution in [-0.2, 0) is 9.53 Å². The molecular formula is C16H20N4O2. The number of carbonyl (C=O) groups excluding carboxylic acids is 1. The number of nitrogens with zero attached hydrogens (tertiary/aromatic N) is 3. The van der Waals surface area contributed by atoms with Gasteiger partial charge in [-0.15, -0.1) is 0 Å². The number of nitrogens with two attached hydrogens (primary N) is 1. The van der Waals surface area contributed by atoms with Crippen molar-refractivity contribution in [3.8, 4) is 6.07 Å². The van der Waals surface area contributed by atoms with Crippen LogP contribution in [0.15, 0.2) is 18.5 Å². The third-order valence-electron chi connectivity index (χ3n) is 4.76. The first-order valence-corrected chi connectivity index (χ1v) is 7.70. The number of rotatable bonds is 3. The van der Waals surface area contributed by atoms with Gasteiger partial charge in [-0.25, -0.2) is 0 Å². The molecule has 3 rings (SSSR count). The fourth-order valence-electron chi connectivity index (χ4n) is 3.60. The summed E-state index contributed by atoms with van der Waals surface area (Å²) in [5.74, 6) is -0.0263. The summed E-state index contributed by atoms with van der Waals surface area (Å²) in [5.41, 5.74) is 7.02. The van der Waals surface area contributed by atoms with Gasteiger partial charge in [0.2, 0.25) is 5.91 Å². The molecule has 0 aromatic carbocycles. The summed E-state index contributed by atoms with van der Waals surface area (Å²) in [6, 6.07) is 4.08. The predicted octanol–water partition coefficient (Wildman–Crippen LogP) is 1.06. The molecule has 1 amide bonds. The summed E-state index contributed by atoms with van der Waals surface area (Å²) in [6.07, 6.45) is 5.91. The summed E-state index contributed by atoms with van der Waals surface area (Å²) in [5, 5.41) is 9.18. The van der Waals surface area contributed by atoms with E-state index < -0.39 is 0 Å². The highest BCUT2D eigenvalue weighted by Crippen LogP contribution is 2.34. The number of hydrogen-bond acceptors (Lipinski definition) is 5. The van der Waals surface area contributed by atoms with Crippen molar-refractivity contribution in [1.29, 1.82) is 5.26 Å². The first kappa shape index (κ1) is 14.8. The molecule has 22 heavy (non-hydrogen) atoms. The van der Waals surface area contributed by atoms with Crippen LogP contribution in [0.5, 0.6) is 0 Å². The van der Waals surface area contributed by atoms with Crippen LogP contribution in [0.3, 0.4) is 0 Å². The summed E-state index contributed by atoms with van der Waals surface area (Å²) >= 11 is 0. The molecule has 2 atom stereocenters. The lowest BCUT2D eigenvalue weighted by Crippen LogP contribution is -2.42. The van der Waals surface area contributed by atoms with E-state index in [1.54, 1.807) is 12.4 Å². The normalized spacial score (nSPS) is 25.9. The number of amides is 1. The Labute approximate surface area is 129 Å². The lowest BCUT2D eigenvalue weighted by atomic mass is 9.84. The molecule has 6 nitrogen and oxygen atoms in total. The van der Waals surface area contributed by atoms with Crippen LogP contribution in [0.25, 0.3) is 0 Å². The minimum atomic E-state index is -0.245. The third kappa shape index (κ3) is 2.77. The van der Waals surface area contributed by atoms with Crippen molar-refractivity contribution in [3.05, 3.63) is 24.0 Å². The van der Waals surface area contributed by atoms with Crippen molar-refractivity contribution >= 4 is 11.6 Å². The molecule has 116 valence electrons. The summed E-state index contributed by atoms with van der Waals surface area (Å²) in [6.45, 7) is 2.34. The maximum absolute atomic E-state index is 11.5. The summed E-state index contributed by atoms with van der Waals surface area (Å²) in [4.78, 5) is 17.7. The van der Waals surface area contributed by atoms with Gasteiger partial charge in [-0.2, -0.15) is 5.26 Å². The Balaban J connectivity index is 1.66. The van der Waals surface area contributed by atoms with E-state index >= 15 is 0 Å². The average molecular weight is 300 g/mol. The topological polar surface area (TPSA) is 92.2 Å². The Bertz CT molecular complexity index is 590. The lowest BCUT2D eigenvalue weighted by Gasteiger charge is -2.37. The Morgan fingerprint density at radius 2 is 2.18 bits per heavy atom. The largest absolute Gasteiger partial charge is 0.377 e. The van der Waals surface area contributed by atoms with Crippen LogP contribution in [0.4, 0.5) is 5.69 Å². The molecular weight excluding hydrogens is 280 g/mol. The van der Waals surface area contributed by atoms with E-state index in [1.165, 1.54) is 0 Å². The number of pyridine rings is 1. The van der Waals surface area contributed by atoms with Crippen molar-refractivity contribution in [2.75, 3.05) is 24.6 Å². The average Bonchev–Trinajstić information content (AvgIpc) is 3.05. The molecule has 0 aliphatic carbocycles. The van der Waals surface area contributed by atoms with Crippen LogP contribution in [0, 0.1) is 23.2 Å². The van der Waals surface area contributed by atoms with E-state index in [2.05, 4.69) is 16.0 Å². The van der Waals surface area contributed by atoms with Gasteiger partial charge in [-0.1, -0.05) is 0 Å². The van der Waals surface area contributed by atoms with E-state index in [0.29, 0.717) is 18.1 Å². The molecule has 1 aromatic rings. The standard InChI is InChI=1S/C16H20N4O2/c17-9-12-10-19-5-1-14(12)20-6-2-11(3-7-20)15-13(16(18)21)4-8-22-15/h1,5,10-11,13,15H,2-4,6-8H2,(H2,18,21)/t13-,15+/m0/s1. The number of piperidine rings is 1. The maximum Gasteiger partial charge on any atom is 0.223 e. The molecule has 2 N–H and O–H groups in total.